The zero-order valence-corrected chi connectivity index (χ0v) is 11.0. The van der Waals surface area contributed by atoms with Crippen LogP contribution >= 0.6 is 0 Å². The number of benzene rings is 1. The standard InChI is InChI=1S/C14H16N2O4/c17-13(18)16-7-5-14(6-8-16)9-11(15-19)10-3-1-2-4-12(10)20-14/h1-4,19H,5-9H2,(H,17,18)/b15-11+. The van der Waals surface area contributed by atoms with E-state index in [0.717, 1.165) is 5.56 Å². The molecule has 1 fully saturated rings. The van der Waals surface area contributed by atoms with Crippen LogP contribution in [0.3, 0.4) is 0 Å². The van der Waals surface area contributed by atoms with Crippen molar-refractivity contribution in [1.82, 2.24) is 4.90 Å². The van der Waals surface area contributed by atoms with Gasteiger partial charge in [0.15, 0.2) is 0 Å². The highest BCUT2D eigenvalue weighted by Crippen LogP contribution is 2.39. The van der Waals surface area contributed by atoms with Crippen molar-refractivity contribution in [2.75, 3.05) is 13.1 Å². The molecule has 2 aliphatic rings. The van der Waals surface area contributed by atoms with Gasteiger partial charge in [-0.15, -0.1) is 0 Å². The van der Waals surface area contributed by atoms with Crippen molar-refractivity contribution in [3.63, 3.8) is 0 Å². The van der Waals surface area contributed by atoms with Crippen LogP contribution in [0.25, 0.3) is 0 Å². The van der Waals surface area contributed by atoms with Crippen molar-refractivity contribution in [3.05, 3.63) is 29.8 Å². The van der Waals surface area contributed by atoms with E-state index in [1.165, 1.54) is 4.90 Å². The summed E-state index contributed by atoms with van der Waals surface area (Å²) in [6.07, 6.45) is 0.819. The number of hydrogen-bond acceptors (Lipinski definition) is 4. The molecule has 0 saturated carbocycles. The van der Waals surface area contributed by atoms with E-state index in [9.17, 15) is 10.0 Å². The molecule has 6 heteroatoms. The van der Waals surface area contributed by atoms with Crippen LogP contribution in [0.4, 0.5) is 4.79 Å². The van der Waals surface area contributed by atoms with Gasteiger partial charge in [-0.2, -0.15) is 0 Å². The third kappa shape index (κ3) is 2.07. The highest BCUT2D eigenvalue weighted by Gasteiger charge is 2.42. The summed E-state index contributed by atoms with van der Waals surface area (Å²) in [6.45, 7) is 0.881. The highest BCUT2D eigenvalue weighted by atomic mass is 16.5. The lowest BCUT2D eigenvalue weighted by molar-refractivity contribution is 0.00625. The van der Waals surface area contributed by atoms with Crippen molar-refractivity contribution in [2.24, 2.45) is 5.16 Å². The zero-order valence-electron chi connectivity index (χ0n) is 11.0. The number of oxime groups is 1. The van der Waals surface area contributed by atoms with Gasteiger partial charge >= 0.3 is 6.09 Å². The second-order valence-corrected chi connectivity index (χ2v) is 5.27. The lowest BCUT2D eigenvalue weighted by Gasteiger charge is -2.43. The monoisotopic (exact) mass is 276 g/mol. The molecule has 0 aliphatic carbocycles. The maximum absolute atomic E-state index is 11.0. The highest BCUT2D eigenvalue weighted by molar-refractivity contribution is 6.04. The summed E-state index contributed by atoms with van der Waals surface area (Å²) in [5.41, 5.74) is 0.957. The van der Waals surface area contributed by atoms with Crippen molar-refractivity contribution >= 4 is 11.8 Å². The second kappa shape index (κ2) is 4.70. The number of carboxylic acid groups (broad SMARTS) is 1. The fourth-order valence-corrected chi connectivity index (χ4v) is 2.94. The average molecular weight is 276 g/mol. The Hall–Kier alpha value is -2.24. The quantitative estimate of drug-likeness (QED) is 0.562. The molecule has 3 rings (SSSR count). The lowest BCUT2D eigenvalue weighted by atomic mass is 9.82. The molecule has 1 aromatic carbocycles. The van der Waals surface area contributed by atoms with Crippen LogP contribution in [-0.2, 0) is 0 Å². The molecule has 2 aliphatic heterocycles. The molecule has 106 valence electrons. The van der Waals surface area contributed by atoms with E-state index in [0.29, 0.717) is 43.8 Å². The van der Waals surface area contributed by atoms with Gasteiger partial charge in [0.2, 0.25) is 0 Å². The van der Waals surface area contributed by atoms with Crippen LogP contribution in [0.1, 0.15) is 24.8 Å². The molecule has 0 bridgehead atoms. The largest absolute Gasteiger partial charge is 0.486 e. The average Bonchev–Trinajstić information content (AvgIpc) is 2.47. The van der Waals surface area contributed by atoms with Gasteiger partial charge in [0.1, 0.15) is 11.4 Å². The smallest absolute Gasteiger partial charge is 0.407 e. The number of para-hydroxylation sites is 1. The van der Waals surface area contributed by atoms with Gasteiger partial charge in [-0.1, -0.05) is 17.3 Å². The maximum atomic E-state index is 11.0. The Morgan fingerprint density at radius 1 is 1.30 bits per heavy atom. The zero-order chi connectivity index (χ0) is 14.2. The molecule has 1 saturated heterocycles. The summed E-state index contributed by atoms with van der Waals surface area (Å²) in [4.78, 5) is 12.4. The predicted octanol–water partition coefficient (Wildman–Crippen LogP) is 2.16. The number of rotatable bonds is 0. The summed E-state index contributed by atoms with van der Waals surface area (Å²) >= 11 is 0. The SMILES string of the molecule is O=C(O)N1CCC2(CC1)C/C(=N\O)c1ccccc1O2. The molecule has 0 atom stereocenters. The third-order valence-electron chi connectivity index (χ3n) is 4.08. The number of likely N-dealkylation sites (tertiary alicyclic amines) is 1. The van der Waals surface area contributed by atoms with Gasteiger partial charge < -0.3 is 20.0 Å². The van der Waals surface area contributed by atoms with Crippen molar-refractivity contribution in [1.29, 1.82) is 0 Å². The minimum atomic E-state index is -0.896. The van der Waals surface area contributed by atoms with Gasteiger partial charge in [-0.25, -0.2) is 4.79 Å². The molecule has 6 nitrogen and oxygen atoms in total. The normalized spacial score (nSPS) is 22.4. The molecule has 0 unspecified atom stereocenters. The summed E-state index contributed by atoms with van der Waals surface area (Å²) in [6, 6.07) is 7.46. The van der Waals surface area contributed by atoms with E-state index >= 15 is 0 Å². The first-order chi connectivity index (χ1) is 9.63. The number of fused-ring (bicyclic) bond motifs is 1. The molecule has 1 amide bonds. The minimum absolute atomic E-state index is 0.441. The first kappa shape index (κ1) is 12.8. The van der Waals surface area contributed by atoms with Crippen LogP contribution in [0.2, 0.25) is 0 Å². The van der Waals surface area contributed by atoms with E-state index in [1.54, 1.807) is 0 Å². The Bertz CT molecular complexity index is 562. The molecule has 0 radical (unpaired) electrons. The Balaban J connectivity index is 1.86. The van der Waals surface area contributed by atoms with Crippen molar-refractivity contribution < 1.29 is 19.8 Å². The Kier molecular flexibility index (Phi) is 3.00. The van der Waals surface area contributed by atoms with Crippen molar-refractivity contribution in [2.45, 2.75) is 24.9 Å². The van der Waals surface area contributed by atoms with Gasteiger partial charge in [0.05, 0.1) is 5.71 Å². The number of piperidine rings is 1. The molecular weight excluding hydrogens is 260 g/mol. The van der Waals surface area contributed by atoms with E-state index in [2.05, 4.69) is 5.16 Å². The Morgan fingerprint density at radius 3 is 2.65 bits per heavy atom. The van der Waals surface area contributed by atoms with Crippen LogP contribution in [-0.4, -0.2) is 45.7 Å². The van der Waals surface area contributed by atoms with Gasteiger partial charge in [0.25, 0.3) is 0 Å². The molecule has 2 N–H and O–H groups in total. The first-order valence-corrected chi connectivity index (χ1v) is 6.61. The maximum Gasteiger partial charge on any atom is 0.407 e. The van der Waals surface area contributed by atoms with Gasteiger partial charge in [-0.3, -0.25) is 0 Å². The van der Waals surface area contributed by atoms with Crippen LogP contribution in [0.15, 0.2) is 29.4 Å². The third-order valence-corrected chi connectivity index (χ3v) is 4.08. The van der Waals surface area contributed by atoms with Gasteiger partial charge in [-0.05, 0) is 12.1 Å². The number of ether oxygens (including phenoxy) is 1. The van der Waals surface area contributed by atoms with Gasteiger partial charge in [0, 0.05) is 37.9 Å². The Morgan fingerprint density at radius 2 is 2.00 bits per heavy atom. The topological polar surface area (TPSA) is 82.4 Å². The molecule has 20 heavy (non-hydrogen) atoms. The van der Waals surface area contributed by atoms with Crippen LogP contribution < -0.4 is 4.74 Å². The van der Waals surface area contributed by atoms with E-state index in [4.69, 9.17) is 9.84 Å². The number of hydrogen-bond donors (Lipinski definition) is 2. The second-order valence-electron chi connectivity index (χ2n) is 5.27. The van der Waals surface area contributed by atoms with E-state index < -0.39 is 11.7 Å². The Labute approximate surface area is 116 Å². The fourth-order valence-electron chi connectivity index (χ4n) is 2.94. The fraction of sp³-hybridized carbons (Fsp3) is 0.429. The van der Waals surface area contributed by atoms with Crippen molar-refractivity contribution in [3.8, 4) is 5.75 Å². The van der Waals surface area contributed by atoms with Crippen LogP contribution in [0, 0.1) is 0 Å². The van der Waals surface area contributed by atoms with E-state index in [-0.39, 0.29) is 0 Å². The summed E-state index contributed by atoms with van der Waals surface area (Å²) < 4.78 is 6.11. The number of carbonyl (C=O) groups is 1. The molecule has 1 aromatic rings. The summed E-state index contributed by atoms with van der Waals surface area (Å²) in [7, 11) is 0. The number of nitrogens with zero attached hydrogens (tertiary/aromatic N) is 2. The molecule has 1 spiro atoms. The molecule has 0 aromatic heterocycles. The first-order valence-electron chi connectivity index (χ1n) is 6.61. The predicted molar refractivity (Wildman–Crippen MR) is 71.6 cm³/mol. The lowest BCUT2D eigenvalue weighted by Crippen LogP contribution is -2.52. The number of amides is 1. The molecular formula is C14H16N2O4. The van der Waals surface area contributed by atoms with E-state index in [1.807, 2.05) is 24.3 Å². The summed E-state index contributed by atoms with van der Waals surface area (Å²) in [5, 5.41) is 21.6. The molecule has 2 heterocycles. The summed E-state index contributed by atoms with van der Waals surface area (Å²) in [5.74, 6) is 0.704. The minimum Gasteiger partial charge on any atom is -0.486 e. The van der Waals surface area contributed by atoms with Crippen LogP contribution in [0.5, 0.6) is 5.75 Å².